The number of nitrogen functional groups attached to an aromatic ring is 2. The predicted octanol–water partition coefficient (Wildman–Crippen LogP) is 4.42. The smallest absolute Gasteiger partial charge is 0.256 e. The van der Waals surface area contributed by atoms with Gasteiger partial charge >= 0.3 is 0 Å². The van der Waals surface area contributed by atoms with Gasteiger partial charge in [0.25, 0.3) is 5.91 Å². The van der Waals surface area contributed by atoms with Crippen LogP contribution in [0.25, 0.3) is 22.3 Å². The number of unbranched alkanes of at least 4 members (excludes halogenated alkanes) is 1. The van der Waals surface area contributed by atoms with Crippen molar-refractivity contribution in [3.05, 3.63) is 84.3 Å². The van der Waals surface area contributed by atoms with Crippen LogP contribution < -0.4 is 22.1 Å². The van der Waals surface area contributed by atoms with Crippen LogP contribution in [0.3, 0.4) is 0 Å². The molecule has 0 atom stereocenters. The summed E-state index contributed by atoms with van der Waals surface area (Å²) in [7, 11) is 0. The normalized spacial score (nSPS) is 10.9. The summed E-state index contributed by atoms with van der Waals surface area (Å²) in [5.74, 6) is 0.448. The van der Waals surface area contributed by atoms with Crippen molar-refractivity contribution >= 4 is 45.9 Å². The third kappa shape index (κ3) is 5.88. The van der Waals surface area contributed by atoms with E-state index in [1.165, 1.54) is 6.33 Å². The predicted molar refractivity (Wildman–Crippen MR) is 155 cm³/mol. The van der Waals surface area contributed by atoms with Crippen LogP contribution in [-0.4, -0.2) is 36.5 Å². The molecule has 3 heterocycles. The van der Waals surface area contributed by atoms with Gasteiger partial charge in [-0.2, -0.15) is 5.10 Å². The van der Waals surface area contributed by atoms with E-state index in [0.717, 1.165) is 11.1 Å². The standard InChI is InChI=1S/C29H29N9O2/c1-18-13-14-32-23(16-18)36-29(40)20-11-9-19(10-12-20)26-25-27(31)33-17-34-28(25)38(37-26)15-5-4-8-24(39)35-22-7-3-2-6-21(22)30/h2-3,6-7,9-14,16-17H,4-5,8,15,30H2,1H3,(H,35,39)(H2,31,33,34)(H,32,36,40). The van der Waals surface area contributed by atoms with E-state index in [2.05, 4.69) is 25.6 Å². The Bertz CT molecular complexity index is 1680. The number of carbonyl (C=O) groups excluding carboxylic acids is 2. The summed E-state index contributed by atoms with van der Waals surface area (Å²) in [4.78, 5) is 37.8. The monoisotopic (exact) mass is 535 g/mol. The van der Waals surface area contributed by atoms with Crippen molar-refractivity contribution in [3.63, 3.8) is 0 Å². The third-order valence-electron chi connectivity index (χ3n) is 6.39. The summed E-state index contributed by atoms with van der Waals surface area (Å²) in [5, 5.41) is 11.1. The molecule has 0 radical (unpaired) electrons. The van der Waals surface area contributed by atoms with Gasteiger partial charge in [0.15, 0.2) is 5.65 Å². The molecule has 0 bridgehead atoms. The van der Waals surface area contributed by atoms with Crippen molar-refractivity contribution in [2.75, 3.05) is 22.1 Å². The number of carbonyl (C=O) groups is 2. The van der Waals surface area contributed by atoms with E-state index >= 15 is 0 Å². The van der Waals surface area contributed by atoms with Crippen molar-refractivity contribution < 1.29 is 9.59 Å². The van der Waals surface area contributed by atoms with Crippen LogP contribution in [0.2, 0.25) is 0 Å². The lowest BCUT2D eigenvalue weighted by Crippen LogP contribution is -2.13. The minimum absolute atomic E-state index is 0.0993. The van der Waals surface area contributed by atoms with Crippen molar-refractivity contribution in [3.8, 4) is 11.3 Å². The number of hydrogen-bond acceptors (Lipinski definition) is 8. The Hall–Kier alpha value is -5.32. The number of nitrogens with one attached hydrogen (secondary N) is 2. The third-order valence-corrected chi connectivity index (χ3v) is 6.39. The van der Waals surface area contributed by atoms with E-state index < -0.39 is 0 Å². The summed E-state index contributed by atoms with van der Waals surface area (Å²) in [6.45, 7) is 2.47. The number of pyridine rings is 1. The molecule has 0 saturated carbocycles. The Morgan fingerprint density at radius 1 is 0.925 bits per heavy atom. The van der Waals surface area contributed by atoms with Crippen LogP contribution in [0, 0.1) is 6.92 Å². The molecule has 40 heavy (non-hydrogen) atoms. The molecule has 0 spiro atoms. The van der Waals surface area contributed by atoms with Crippen LogP contribution >= 0.6 is 0 Å². The maximum atomic E-state index is 12.7. The number of amides is 2. The second-order valence-electron chi connectivity index (χ2n) is 9.37. The molecular formula is C29H29N9O2. The van der Waals surface area contributed by atoms with Crippen LogP contribution in [0.1, 0.15) is 35.2 Å². The highest BCUT2D eigenvalue weighted by molar-refractivity contribution is 6.04. The van der Waals surface area contributed by atoms with Gasteiger partial charge in [-0.3, -0.25) is 9.59 Å². The summed E-state index contributed by atoms with van der Waals surface area (Å²) < 4.78 is 1.78. The second kappa shape index (κ2) is 11.6. The zero-order chi connectivity index (χ0) is 28.1. The molecule has 11 heteroatoms. The number of nitrogens with two attached hydrogens (primary N) is 2. The summed E-state index contributed by atoms with van der Waals surface area (Å²) in [5.41, 5.74) is 16.8. The van der Waals surface area contributed by atoms with Crippen molar-refractivity contribution in [1.82, 2.24) is 24.7 Å². The van der Waals surface area contributed by atoms with E-state index in [1.807, 2.05) is 37.3 Å². The first kappa shape index (κ1) is 26.3. The Morgan fingerprint density at radius 3 is 2.50 bits per heavy atom. The lowest BCUT2D eigenvalue weighted by atomic mass is 10.1. The van der Waals surface area contributed by atoms with Gasteiger partial charge in [0.1, 0.15) is 23.7 Å². The number of anilines is 4. The van der Waals surface area contributed by atoms with Crippen molar-refractivity contribution in [1.29, 1.82) is 0 Å². The number of para-hydroxylation sites is 2. The zero-order valence-electron chi connectivity index (χ0n) is 22.0. The summed E-state index contributed by atoms with van der Waals surface area (Å²) >= 11 is 0. The van der Waals surface area contributed by atoms with E-state index in [4.69, 9.17) is 16.6 Å². The lowest BCUT2D eigenvalue weighted by Gasteiger charge is -2.08. The largest absolute Gasteiger partial charge is 0.397 e. The highest BCUT2D eigenvalue weighted by atomic mass is 16.2. The van der Waals surface area contributed by atoms with Gasteiger partial charge in [-0.15, -0.1) is 0 Å². The van der Waals surface area contributed by atoms with Crippen LogP contribution in [0.4, 0.5) is 23.0 Å². The molecule has 2 amide bonds. The summed E-state index contributed by atoms with van der Waals surface area (Å²) in [6.07, 6.45) is 4.75. The van der Waals surface area contributed by atoms with Gasteiger partial charge in [-0.1, -0.05) is 24.3 Å². The van der Waals surface area contributed by atoms with E-state index in [9.17, 15) is 9.59 Å². The Morgan fingerprint density at radius 2 is 1.73 bits per heavy atom. The van der Waals surface area contributed by atoms with Crippen LogP contribution in [0.15, 0.2) is 73.2 Å². The lowest BCUT2D eigenvalue weighted by molar-refractivity contribution is -0.116. The Labute approximate surface area is 230 Å². The number of rotatable bonds is 9. The molecule has 202 valence electrons. The second-order valence-corrected chi connectivity index (χ2v) is 9.37. The Kier molecular flexibility index (Phi) is 7.63. The molecule has 2 aromatic carbocycles. The topological polar surface area (TPSA) is 167 Å². The first-order valence-corrected chi connectivity index (χ1v) is 12.8. The summed E-state index contributed by atoms with van der Waals surface area (Å²) in [6, 6.07) is 17.9. The average molecular weight is 536 g/mol. The fraction of sp³-hybridized carbons (Fsp3) is 0.172. The SMILES string of the molecule is Cc1ccnc(NC(=O)c2ccc(-c3nn(CCCCC(=O)Nc4ccccc4N)c4ncnc(N)c34)cc2)c1. The van der Waals surface area contributed by atoms with Gasteiger partial charge < -0.3 is 22.1 Å². The first-order valence-electron chi connectivity index (χ1n) is 12.8. The molecule has 5 rings (SSSR count). The van der Waals surface area contributed by atoms with Gasteiger partial charge in [-0.05, 0) is 61.7 Å². The first-order chi connectivity index (χ1) is 19.4. The molecule has 0 unspecified atom stereocenters. The highest BCUT2D eigenvalue weighted by Gasteiger charge is 2.18. The van der Waals surface area contributed by atoms with E-state index in [-0.39, 0.29) is 11.8 Å². The molecule has 0 saturated heterocycles. The Balaban J connectivity index is 1.27. The van der Waals surface area contributed by atoms with Gasteiger partial charge in [0, 0.05) is 30.3 Å². The zero-order valence-corrected chi connectivity index (χ0v) is 22.0. The molecule has 11 nitrogen and oxygen atoms in total. The molecule has 0 fully saturated rings. The van der Waals surface area contributed by atoms with E-state index in [0.29, 0.717) is 71.1 Å². The number of aryl methyl sites for hydroxylation is 2. The van der Waals surface area contributed by atoms with Gasteiger partial charge in [-0.25, -0.2) is 19.6 Å². The number of nitrogens with zero attached hydrogens (tertiary/aromatic N) is 5. The van der Waals surface area contributed by atoms with Crippen LogP contribution in [-0.2, 0) is 11.3 Å². The molecule has 6 N–H and O–H groups in total. The molecule has 0 aliphatic rings. The fourth-order valence-electron chi connectivity index (χ4n) is 4.33. The average Bonchev–Trinajstić information content (AvgIpc) is 3.32. The molecule has 0 aliphatic heterocycles. The molecule has 3 aromatic heterocycles. The quantitative estimate of drug-likeness (QED) is 0.159. The molecule has 0 aliphatic carbocycles. The number of hydrogen-bond donors (Lipinski definition) is 4. The van der Waals surface area contributed by atoms with Crippen molar-refractivity contribution in [2.24, 2.45) is 0 Å². The maximum absolute atomic E-state index is 12.7. The molecular weight excluding hydrogens is 506 g/mol. The van der Waals surface area contributed by atoms with Gasteiger partial charge in [0.2, 0.25) is 5.91 Å². The highest BCUT2D eigenvalue weighted by Crippen LogP contribution is 2.30. The minimum atomic E-state index is -0.262. The minimum Gasteiger partial charge on any atom is -0.397 e. The maximum Gasteiger partial charge on any atom is 0.256 e. The van der Waals surface area contributed by atoms with Gasteiger partial charge in [0.05, 0.1) is 16.8 Å². The molecule has 5 aromatic rings. The fourth-order valence-corrected chi connectivity index (χ4v) is 4.33. The number of fused-ring (bicyclic) bond motifs is 1. The number of benzene rings is 2. The van der Waals surface area contributed by atoms with Crippen molar-refractivity contribution in [2.45, 2.75) is 32.7 Å². The number of aromatic nitrogens is 5. The van der Waals surface area contributed by atoms with Crippen LogP contribution in [0.5, 0.6) is 0 Å². The van der Waals surface area contributed by atoms with E-state index in [1.54, 1.807) is 41.2 Å².